The molecule has 0 spiro atoms. The molecule has 0 saturated carbocycles. The van der Waals surface area contributed by atoms with Crippen molar-refractivity contribution in [1.82, 2.24) is 0 Å². The smallest absolute Gasteiger partial charge is 0.342 e. The van der Waals surface area contributed by atoms with Crippen molar-refractivity contribution in [3.05, 3.63) is 0 Å². The molecule has 0 rings (SSSR count). The van der Waals surface area contributed by atoms with E-state index in [4.69, 9.17) is 30.6 Å². The third-order valence-corrected chi connectivity index (χ3v) is 2.94. The van der Waals surface area contributed by atoms with Crippen LogP contribution in [0.3, 0.4) is 0 Å². The molecular weight excluding hydrogens is 347 g/mol. The van der Waals surface area contributed by atoms with E-state index < -0.39 is 45.0 Å². The minimum Gasteiger partial charge on any atom is -0.342 e. The third-order valence-electron chi connectivity index (χ3n) is 2.17. The molecule has 23 heavy (non-hydrogen) atoms. The molecule has 0 bridgehead atoms. The molecule has 0 fully saturated rings. The normalized spacial score (nSPS) is 14.3. The van der Waals surface area contributed by atoms with E-state index in [0.29, 0.717) is 0 Å². The quantitative estimate of drug-likeness (QED) is 0.107. The zero-order valence-corrected chi connectivity index (χ0v) is 13.5. The van der Waals surface area contributed by atoms with Crippen LogP contribution in [0.1, 0.15) is 40.0 Å². The lowest BCUT2D eigenvalue weighted by molar-refractivity contribution is -0.506. The monoisotopic (exact) mass is 368 g/mol. The summed E-state index contributed by atoms with van der Waals surface area (Å²) >= 11 is 0. The number of hydrogen-bond acceptors (Lipinski definition) is 13. The molecule has 0 aliphatic carbocycles. The Labute approximate surface area is 130 Å². The van der Waals surface area contributed by atoms with Crippen molar-refractivity contribution >= 4 is 7.82 Å². The predicted octanol–water partition coefficient (Wildman–Crippen LogP) is -0.916. The van der Waals surface area contributed by atoms with Gasteiger partial charge in [0, 0.05) is 19.3 Å². The molecule has 0 amide bonds. The highest BCUT2D eigenvalue weighted by Crippen LogP contribution is 2.52. The van der Waals surface area contributed by atoms with E-state index in [9.17, 15) is 4.57 Å². The summed E-state index contributed by atoms with van der Waals surface area (Å²) in [5, 5.41) is 54.8. The van der Waals surface area contributed by atoms with E-state index in [1.54, 1.807) is 0 Å². The highest BCUT2D eigenvalue weighted by atomic mass is 31.2. The molecule has 0 radical (unpaired) electrons. The number of aliphatic hydroxyl groups is 6. The molecule has 140 valence electrons. The lowest BCUT2D eigenvalue weighted by Crippen LogP contribution is -2.34. The summed E-state index contributed by atoms with van der Waals surface area (Å²) in [6, 6.07) is 0. The van der Waals surface area contributed by atoms with Gasteiger partial charge in [-0.2, -0.15) is 14.7 Å². The third kappa shape index (κ3) is 9.59. The van der Waals surface area contributed by atoms with Gasteiger partial charge in [-0.25, -0.2) is 4.57 Å². The molecule has 13 nitrogen and oxygen atoms in total. The van der Waals surface area contributed by atoms with E-state index in [2.05, 4.69) is 28.7 Å². The van der Waals surface area contributed by atoms with Gasteiger partial charge in [-0.3, -0.25) is 0 Å². The van der Waals surface area contributed by atoms with Crippen molar-refractivity contribution in [2.75, 3.05) is 0 Å². The Bertz CT molecular complexity index is 338. The van der Waals surface area contributed by atoms with E-state index in [1.807, 2.05) is 0 Å². The minimum atomic E-state index is -5.17. The van der Waals surface area contributed by atoms with Gasteiger partial charge in [0.05, 0.1) is 0 Å². The Hall–Kier alpha value is -0.250. The van der Waals surface area contributed by atoms with Gasteiger partial charge >= 0.3 is 25.7 Å². The summed E-state index contributed by atoms with van der Waals surface area (Å²) in [6.45, 7) is 3.74. The largest absolute Gasteiger partial charge is 0.557 e. The van der Waals surface area contributed by atoms with Crippen LogP contribution in [-0.2, 0) is 33.3 Å². The van der Waals surface area contributed by atoms with Crippen molar-refractivity contribution in [1.29, 1.82) is 0 Å². The SMILES string of the molecule is CCC(O)(O)OOP(=O)(OOC(O)(O)CC)OOC(O)(O)CC. The lowest BCUT2D eigenvalue weighted by atomic mass is 10.4. The first-order chi connectivity index (χ1) is 10.3. The summed E-state index contributed by atoms with van der Waals surface area (Å²) in [5.74, 6) is -8.74. The van der Waals surface area contributed by atoms with Gasteiger partial charge in [0.2, 0.25) is 0 Å². The van der Waals surface area contributed by atoms with Crippen LogP contribution in [0.5, 0.6) is 0 Å². The van der Waals surface area contributed by atoms with Crippen LogP contribution in [0.15, 0.2) is 0 Å². The maximum Gasteiger partial charge on any atom is 0.557 e. The van der Waals surface area contributed by atoms with E-state index in [-0.39, 0.29) is 0 Å². The zero-order chi connectivity index (χ0) is 18.4. The van der Waals surface area contributed by atoms with E-state index in [1.165, 1.54) is 20.8 Å². The van der Waals surface area contributed by atoms with Crippen LogP contribution in [0, 0.1) is 0 Å². The summed E-state index contributed by atoms with van der Waals surface area (Å²) < 4.78 is 23.9. The second-order valence-electron chi connectivity index (χ2n) is 4.21. The van der Waals surface area contributed by atoms with Crippen LogP contribution in [0.2, 0.25) is 0 Å². The highest BCUT2D eigenvalue weighted by Gasteiger charge is 2.42. The Balaban J connectivity index is 4.93. The van der Waals surface area contributed by atoms with Crippen molar-refractivity contribution in [3.63, 3.8) is 0 Å². The van der Waals surface area contributed by atoms with Crippen molar-refractivity contribution in [2.24, 2.45) is 0 Å². The van der Waals surface area contributed by atoms with Crippen molar-refractivity contribution in [3.8, 4) is 0 Å². The Morgan fingerprint density at radius 2 is 0.870 bits per heavy atom. The van der Waals surface area contributed by atoms with Crippen molar-refractivity contribution in [2.45, 2.75) is 58.0 Å². The van der Waals surface area contributed by atoms with Gasteiger partial charge in [-0.1, -0.05) is 20.8 Å². The fourth-order valence-corrected chi connectivity index (χ4v) is 1.24. The molecule has 0 atom stereocenters. The van der Waals surface area contributed by atoms with Gasteiger partial charge < -0.3 is 30.6 Å². The number of rotatable bonds is 12. The second kappa shape index (κ2) is 8.73. The maximum atomic E-state index is 12.0. The fraction of sp³-hybridized carbons (Fsp3) is 1.00. The van der Waals surface area contributed by atoms with Crippen LogP contribution < -0.4 is 0 Å². The average Bonchev–Trinajstić information content (AvgIpc) is 2.50. The van der Waals surface area contributed by atoms with Gasteiger partial charge in [0.1, 0.15) is 0 Å². The molecule has 0 aromatic heterocycles. The summed E-state index contributed by atoms with van der Waals surface area (Å²) in [6.07, 6.45) is -1.36. The molecule has 0 aromatic carbocycles. The molecule has 0 aromatic rings. The molecule has 0 aliphatic rings. The Kier molecular flexibility index (Phi) is 8.64. The molecule has 0 unspecified atom stereocenters. The van der Waals surface area contributed by atoms with E-state index >= 15 is 0 Å². The van der Waals surface area contributed by atoms with Crippen LogP contribution in [0.4, 0.5) is 0 Å². The van der Waals surface area contributed by atoms with Gasteiger partial charge in [-0.05, 0) is 0 Å². The molecular formula is C9H21O13P. The van der Waals surface area contributed by atoms with Gasteiger partial charge in [0.15, 0.2) is 0 Å². The van der Waals surface area contributed by atoms with Crippen LogP contribution in [-0.4, -0.2) is 48.6 Å². The van der Waals surface area contributed by atoms with Crippen LogP contribution in [0.25, 0.3) is 0 Å². The first kappa shape index (κ1) is 22.8. The summed E-state index contributed by atoms with van der Waals surface area (Å²) in [7, 11) is -5.17. The zero-order valence-electron chi connectivity index (χ0n) is 12.6. The molecule has 14 heteroatoms. The number of hydrogen-bond donors (Lipinski definition) is 6. The Morgan fingerprint density at radius 3 is 1.04 bits per heavy atom. The van der Waals surface area contributed by atoms with Crippen LogP contribution >= 0.6 is 7.82 Å². The molecule has 6 N–H and O–H groups in total. The first-order valence-corrected chi connectivity index (χ1v) is 7.83. The standard InChI is InChI=1S/C9H21O13P/c1-4-7(10,11)17-20-23(16,21-18-8(12,13)5-2)22-19-9(14,15)6-3/h10-15H,4-6H2,1-3H3. The molecule has 0 saturated heterocycles. The topological polar surface area (TPSA) is 194 Å². The van der Waals surface area contributed by atoms with Crippen molar-refractivity contribution < 1.29 is 63.9 Å². The summed E-state index contributed by atoms with van der Waals surface area (Å²) in [5.41, 5.74) is 0. The second-order valence-corrected chi connectivity index (χ2v) is 5.55. The first-order valence-electron chi connectivity index (χ1n) is 6.37. The Morgan fingerprint density at radius 1 is 0.652 bits per heavy atom. The number of phosphoric acid groups is 1. The molecule has 0 aliphatic heterocycles. The lowest BCUT2D eigenvalue weighted by Gasteiger charge is -2.25. The fourth-order valence-electron chi connectivity index (χ4n) is 0.530. The predicted molar refractivity (Wildman–Crippen MR) is 66.5 cm³/mol. The van der Waals surface area contributed by atoms with Gasteiger partial charge in [0.25, 0.3) is 0 Å². The van der Waals surface area contributed by atoms with E-state index in [0.717, 1.165) is 0 Å². The maximum absolute atomic E-state index is 12.0. The highest BCUT2D eigenvalue weighted by molar-refractivity contribution is 7.48. The average molecular weight is 368 g/mol. The molecule has 0 heterocycles. The summed E-state index contributed by atoms with van der Waals surface area (Å²) in [4.78, 5) is 11.9. The minimum absolute atomic E-state index is 0.452. The van der Waals surface area contributed by atoms with Gasteiger partial charge in [-0.15, -0.1) is 14.0 Å².